The Morgan fingerprint density at radius 3 is 2.35 bits per heavy atom. The van der Waals surface area contributed by atoms with Gasteiger partial charge in [-0.3, -0.25) is 9.59 Å². The van der Waals surface area contributed by atoms with Gasteiger partial charge >= 0.3 is 0 Å². The van der Waals surface area contributed by atoms with E-state index < -0.39 is 0 Å². The van der Waals surface area contributed by atoms with Crippen LogP contribution >= 0.6 is 0 Å². The molecule has 0 saturated carbocycles. The summed E-state index contributed by atoms with van der Waals surface area (Å²) in [4.78, 5) is 24.5. The van der Waals surface area contributed by atoms with E-state index in [4.69, 9.17) is 0 Å². The Morgan fingerprint density at radius 2 is 1.78 bits per heavy atom. The zero-order valence-electron chi connectivity index (χ0n) is 13.7. The number of rotatable bonds is 6. The predicted octanol–water partition coefficient (Wildman–Crippen LogP) is 4.33. The monoisotopic (exact) mass is 307 g/mol. The Balaban J connectivity index is 2.28. The van der Waals surface area contributed by atoms with E-state index in [0.29, 0.717) is 5.56 Å². The number of nitrogens with one attached hydrogen (secondary N) is 1. The van der Waals surface area contributed by atoms with Crippen molar-refractivity contribution >= 4 is 17.3 Å². The van der Waals surface area contributed by atoms with Gasteiger partial charge in [-0.25, -0.2) is 0 Å². The second kappa shape index (κ2) is 7.54. The van der Waals surface area contributed by atoms with Gasteiger partial charge in [0.25, 0.3) is 0 Å². The third-order valence-corrected chi connectivity index (χ3v) is 3.77. The van der Waals surface area contributed by atoms with E-state index >= 15 is 0 Å². The molecule has 2 rings (SSSR count). The molecule has 0 aromatic heterocycles. The fraction of sp³-hybridized carbons (Fsp3) is 0.200. The number of aryl methyl sites for hydroxylation is 2. The second-order valence-electron chi connectivity index (χ2n) is 5.45. The highest BCUT2D eigenvalue weighted by Crippen LogP contribution is 2.16. The normalized spacial score (nSPS) is 11.2. The van der Waals surface area contributed by atoms with Gasteiger partial charge in [0.1, 0.15) is 0 Å². The van der Waals surface area contributed by atoms with Gasteiger partial charge in [-0.05, 0) is 49.6 Å². The van der Waals surface area contributed by atoms with E-state index in [9.17, 15) is 9.59 Å². The molecule has 23 heavy (non-hydrogen) atoms. The van der Waals surface area contributed by atoms with Crippen LogP contribution in [0.15, 0.2) is 60.3 Å². The van der Waals surface area contributed by atoms with Crippen LogP contribution in [-0.4, -0.2) is 11.6 Å². The summed E-state index contributed by atoms with van der Waals surface area (Å²) in [5.41, 5.74) is 3.79. The molecule has 0 amide bonds. The first-order chi connectivity index (χ1) is 11.0. The lowest BCUT2D eigenvalue weighted by Crippen LogP contribution is -2.13. The number of hydrogen-bond acceptors (Lipinski definition) is 3. The highest BCUT2D eigenvalue weighted by Gasteiger charge is 2.17. The van der Waals surface area contributed by atoms with E-state index in [1.165, 1.54) is 18.7 Å². The largest absolute Gasteiger partial charge is 0.361 e. The van der Waals surface area contributed by atoms with Gasteiger partial charge in [0, 0.05) is 17.5 Å². The summed E-state index contributed by atoms with van der Waals surface area (Å²) in [6.07, 6.45) is 2.41. The van der Waals surface area contributed by atoms with Crippen molar-refractivity contribution in [2.45, 2.75) is 27.2 Å². The average Bonchev–Trinajstić information content (AvgIpc) is 2.55. The number of carbonyl (C=O) groups excluding carboxylic acids is 2. The summed E-state index contributed by atoms with van der Waals surface area (Å²) >= 11 is 0. The van der Waals surface area contributed by atoms with E-state index in [0.717, 1.165) is 17.7 Å². The summed E-state index contributed by atoms with van der Waals surface area (Å²) in [6, 6.07) is 15.0. The van der Waals surface area contributed by atoms with Gasteiger partial charge in [-0.2, -0.15) is 0 Å². The second-order valence-corrected chi connectivity index (χ2v) is 5.45. The smallest absolute Gasteiger partial charge is 0.198 e. The molecule has 0 aliphatic heterocycles. The van der Waals surface area contributed by atoms with Crippen LogP contribution in [0.25, 0.3) is 0 Å². The fourth-order valence-electron chi connectivity index (χ4n) is 2.41. The third kappa shape index (κ3) is 4.16. The molecule has 0 saturated heterocycles. The first-order valence-corrected chi connectivity index (χ1v) is 7.69. The molecule has 3 nitrogen and oxygen atoms in total. The first-order valence-electron chi connectivity index (χ1n) is 7.69. The molecule has 3 heteroatoms. The molecule has 0 aliphatic carbocycles. The number of ketones is 2. The van der Waals surface area contributed by atoms with Crippen LogP contribution in [0.1, 0.15) is 35.3 Å². The molecule has 118 valence electrons. The average molecular weight is 307 g/mol. The topological polar surface area (TPSA) is 46.2 Å². The molecular formula is C20H21NO2. The van der Waals surface area contributed by atoms with E-state index in [1.54, 1.807) is 6.07 Å². The van der Waals surface area contributed by atoms with Gasteiger partial charge in [-0.15, -0.1) is 0 Å². The number of para-hydroxylation sites is 1. The minimum Gasteiger partial charge on any atom is -0.361 e. The number of allylic oxidation sites excluding steroid dienone is 1. The van der Waals surface area contributed by atoms with Crippen LogP contribution < -0.4 is 5.32 Å². The molecule has 0 heterocycles. The Labute approximate surface area is 137 Å². The minimum absolute atomic E-state index is 0.150. The molecule has 0 aliphatic rings. The summed E-state index contributed by atoms with van der Waals surface area (Å²) in [5, 5.41) is 3.01. The van der Waals surface area contributed by atoms with Crippen LogP contribution in [0.3, 0.4) is 0 Å². The Hall–Kier alpha value is -2.68. The lowest BCUT2D eigenvalue weighted by molar-refractivity contribution is -0.113. The fourth-order valence-corrected chi connectivity index (χ4v) is 2.41. The molecule has 1 N–H and O–H groups in total. The standard InChI is InChI=1S/C20H21NO2/c1-4-16-10-11-17(12-14(16)2)20(23)19(15(3)22)13-21-18-8-6-5-7-9-18/h5-13,21H,4H2,1-3H3. The molecule has 0 unspecified atom stereocenters. The van der Waals surface area contributed by atoms with Crippen LogP contribution in [0.5, 0.6) is 0 Å². The van der Waals surface area contributed by atoms with E-state index in [-0.39, 0.29) is 17.1 Å². The zero-order chi connectivity index (χ0) is 16.8. The van der Waals surface area contributed by atoms with Crippen molar-refractivity contribution in [2.24, 2.45) is 0 Å². The minimum atomic E-state index is -0.258. The van der Waals surface area contributed by atoms with Crippen LogP contribution in [0, 0.1) is 6.92 Å². The summed E-state index contributed by atoms with van der Waals surface area (Å²) in [5.74, 6) is -0.512. The lowest BCUT2D eigenvalue weighted by Gasteiger charge is -2.08. The highest BCUT2D eigenvalue weighted by atomic mass is 16.1. The molecule has 0 bridgehead atoms. The third-order valence-electron chi connectivity index (χ3n) is 3.77. The first kappa shape index (κ1) is 16.7. The van der Waals surface area contributed by atoms with Crippen molar-refractivity contribution in [3.05, 3.63) is 77.0 Å². The SMILES string of the molecule is CCc1ccc(C(=O)C(=CNc2ccccc2)C(C)=O)cc1C. The van der Waals surface area contributed by atoms with Gasteiger partial charge in [0.2, 0.25) is 0 Å². The molecule has 0 fully saturated rings. The van der Waals surface area contributed by atoms with Crippen LogP contribution in [0.2, 0.25) is 0 Å². The molecule has 2 aromatic carbocycles. The molecular weight excluding hydrogens is 286 g/mol. The summed E-state index contributed by atoms with van der Waals surface area (Å²) < 4.78 is 0. The van der Waals surface area contributed by atoms with Gasteiger partial charge in [-0.1, -0.05) is 37.3 Å². The zero-order valence-corrected chi connectivity index (χ0v) is 13.7. The number of benzene rings is 2. The van der Waals surface area contributed by atoms with Gasteiger partial charge in [0.05, 0.1) is 5.57 Å². The number of carbonyl (C=O) groups is 2. The van der Waals surface area contributed by atoms with Crippen molar-refractivity contribution in [1.82, 2.24) is 0 Å². The Morgan fingerprint density at radius 1 is 1.09 bits per heavy atom. The van der Waals surface area contributed by atoms with Crippen molar-refractivity contribution in [1.29, 1.82) is 0 Å². The lowest BCUT2D eigenvalue weighted by atomic mass is 9.97. The van der Waals surface area contributed by atoms with Gasteiger partial charge < -0.3 is 5.32 Å². The van der Waals surface area contributed by atoms with Crippen molar-refractivity contribution in [3.8, 4) is 0 Å². The molecule has 0 atom stereocenters. The van der Waals surface area contributed by atoms with Gasteiger partial charge in [0.15, 0.2) is 11.6 Å². The maximum atomic E-state index is 12.6. The summed E-state index contributed by atoms with van der Waals surface area (Å²) in [7, 11) is 0. The summed E-state index contributed by atoms with van der Waals surface area (Å²) in [6.45, 7) is 5.47. The maximum absolute atomic E-state index is 12.6. The van der Waals surface area contributed by atoms with Crippen molar-refractivity contribution < 1.29 is 9.59 Å². The van der Waals surface area contributed by atoms with Crippen LogP contribution in [-0.2, 0) is 11.2 Å². The van der Waals surface area contributed by atoms with Crippen molar-refractivity contribution in [2.75, 3.05) is 5.32 Å². The quantitative estimate of drug-likeness (QED) is 0.374. The number of Topliss-reactive ketones (excluding diaryl/α,β-unsaturated/α-hetero) is 2. The van der Waals surface area contributed by atoms with E-state index in [2.05, 4.69) is 12.2 Å². The number of hydrogen-bond donors (Lipinski definition) is 1. The van der Waals surface area contributed by atoms with Crippen LogP contribution in [0.4, 0.5) is 5.69 Å². The van der Waals surface area contributed by atoms with E-state index in [1.807, 2.05) is 49.4 Å². The highest BCUT2D eigenvalue weighted by molar-refractivity contribution is 6.25. The molecule has 2 aromatic rings. The molecule has 0 spiro atoms. The predicted molar refractivity (Wildman–Crippen MR) is 93.7 cm³/mol. The van der Waals surface area contributed by atoms with Crippen molar-refractivity contribution in [3.63, 3.8) is 0 Å². The molecule has 0 radical (unpaired) electrons. The Kier molecular flexibility index (Phi) is 5.47. The maximum Gasteiger partial charge on any atom is 0.198 e. The number of anilines is 1. The Bertz CT molecular complexity index is 745.